The van der Waals surface area contributed by atoms with Crippen molar-refractivity contribution in [3.8, 4) is 0 Å². The summed E-state index contributed by atoms with van der Waals surface area (Å²) in [4.78, 5) is 0. The minimum Gasteiger partial charge on any atom is -0.309 e. The van der Waals surface area contributed by atoms with Gasteiger partial charge in [-0.2, -0.15) is 0 Å². The van der Waals surface area contributed by atoms with Crippen molar-refractivity contribution in [1.29, 1.82) is 0 Å². The molecule has 0 aliphatic heterocycles. The van der Waals surface area contributed by atoms with Crippen LogP contribution in [0.1, 0.15) is 45.7 Å². The number of benzene rings is 1. The molecule has 1 nitrogen and oxygen atoms in total. The van der Waals surface area contributed by atoms with Gasteiger partial charge in [0, 0.05) is 16.1 Å². The van der Waals surface area contributed by atoms with Crippen molar-refractivity contribution in [2.24, 2.45) is 5.41 Å². The molecule has 0 aliphatic rings. The third-order valence-corrected chi connectivity index (χ3v) is 3.31. The molecule has 0 radical (unpaired) electrons. The average molecular weight is 274 g/mol. The highest BCUT2D eigenvalue weighted by Gasteiger charge is 2.27. The summed E-state index contributed by atoms with van der Waals surface area (Å²) in [6.45, 7) is 9.75. The number of hydrogen-bond donors (Lipinski definition) is 1. The van der Waals surface area contributed by atoms with E-state index in [9.17, 15) is 0 Å². The van der Waals surface area contributed by atoms with Gasteiger partial charge in [-0.15, -0.1) is 0 Å². The Labute approximate surface area is 115 Å². The molecule has 1 rings (SSSR count). The van der Waals surface area contributed by atoms with Crippen LogP contribution in [-0.2, 0) is 0 Å². The molecule has 1 unspecified atom stereocenters. The minimum absolute atomic E-state index is 0.101. The van der Waals surface area contributed by atoms with E-state index < -0.39 is 0 Å². The molecule has 0 saturated heterocycles. The van der Waals surface area contributed by atoms with Crippen molar-refractivity contribution in [3.05, 3.63) is 33.8 Å². The molecular formula is C14H21Cl2N. The van der Waals surface area contributed by atoms with Gasteiger partial charge in [0.2, 0.25) is 0 Å². The molecule has 0 saturated carbocycles. The molecule has 0 fully saturated rings. The summed E-state index contributed by atoms with van der Waals surface area (Å²) >= 11 is 12.3. The molecule has 0 aliphatic carbocycles. The van der Waals surface area contributed by atoms with Crippen LogP contribution >= 0.6 is 23.2 Å². The zero-order valence-corrected chi connectivity index (χ0v) is 12.5. The SMILES string of the molecule is CCCNC(c1cc(Cl)ccc1Cl)C(C)(C)C. The highest BCUT2D eigenvalue weighted by molar-refractivity contribution is 6.33. The van der Waals surface area contributed by atoms with Crippen LogP contribution in [0.4, 0.5) is 0 Å². The van der Waals surface area contributed by atoms with E-state index in [0.29, 0.717) is 0 Å². The Morgan fingerprint density at radius 2 is 1.88 bits per heavy atom. The van der Waals surface area contributed by atoms with Crippen molar-refractivity contribution in [1.82, 2.24) is 5.32 Å². The van der Waals surface area contributed by atoms with Crippen molar-refractivity contribution in [2.45, 2.75) is 40.2 Å². The van der Waals surface area contributed by atoms with Gasteiger partial charge in [-0.3, -0.25) is 0 Å². The zero-order valence-electron chi connectivity index (χ0n) is 11.0. The molecule has 1 atom stereocenters. The van der Waals surface area contributed by atoms with Crippen LogP contribution < -0.4 is 5.32 Å². The lowest BCUT2D eigenvalue weighted by atomic mass is 9.82. The normalized spacial score (nSPS) is 13.8. The van der Waals surface area contributed by atoms with Gasteiger partial charge in [-0.1, -0.05) is 50.9 Å². The first-order chi connectivity index (χ1) is 7.86. The largest absolute Gasteiger partial charge is 0.309 e. The zero-order chi connectivity index (χ0) is 13.1. The maximum Gasteiger partial charge on any atom is 0.0455 e. The van der Waals surface area contributed by atoms with Crippen molar-refractivity contribution >= 4 is 23.2 Å². The van der Waals surface area contributed by atoms with Gasteiger partial charge in [0.05, 0.1) is 0 Å². The molecule has 17 heavy (non-hydrogen) atoms. The van der Waals surface area contributed by atoms with Gasteiger partial charge in [0.25, 0.3) is 0 Å². The predicted molar refractivity (Wildman–Crippen MR) is 77.0 cm³/mol. The van der Waals surface area contributed by atoms with Crippen molar-refractivity contribution in [3.63, 3.8) is 0 Å². The standard InChI is InChI=1S/C14H21Cl2N/c1-5-8-17-13(14(2,3)4)11-9-10(15)6-7-12(11)16/h6-7,9,13,17H,5,8H2,1-4H3. The van der Waals surface area contributed by atoms with E-state index in [-0.39, 0.29) is 11.5 Å². The molecule has 0 amide bonds. The fraction of sp³-hybridized carbons (Fsp3) is 0.571. The molecule has 0 aromatic heterocycles. The Morgan fingerprint density at radius 3 is 2.41 bits per heavy atom. The van der Waals surface area contributed by atoms with Crippen LogP contribution in [0.5, 0.6) is 0 Å². The fourth-order valence-electron chi connectivity index (χ4n) is 1.91. The van der Waals surface area contributed by atoms with Crippen LogP contribution in [0.15, 0.2) is 18.2 Å². The molecule has 0 bridgehead atoms. The maximum atomic E-state index is 6.28. The number of halogens is 2. The van der Waals surface area contributed by atoms with Gasteiger partial charge in [-0.05, 0) is 42.1 Å². The van der Waals surface area contributed by atoms with Crippen molar-refractivity contribution in [2.75, 3.05) is 6.54 Å². The topological polar surface area (TPSA) is 12.0 Å². The Balaban J connectivity index is 3.08. The van der Waals surface area contributed by atoms with Crippen LogP contribution in [-0.4, -0.2) is 6.54 Å². The monoisotopic (exact) mass is 273 g/mol. The van der Waals surface area contributed by atoms with Crippen LogP contribution in [0, 0.1) is 5.41 Å². The molecular weight excluding hydrogens is 253 g/mol. The second-order valence-corrected chi connectivity index (χ2v) is 6.26. The summed E-state index contributed by atoms with van der Waals surface area (Å²) in [6, 6.07) is 5.87. The molecule has 1 aromatic rings. The van der Waals surface area contributed by atoms with E-state index in [2.05, 4.69) is 33.0 Å². The highest BCUT2D eigenvalue weighted by Crippen LogP contribution is 2.37. The fourth-order valence-corrected chi connectivity index (χ4v) is 2.31. The van der Waals surface area contributed by atoms with Gasteiger partial charge in [0.1, 0.15) is 0 Å². The van der Waals surface area contributed by atoms with Crippen LogP contribution in [0.3, 0.4) is 0 Å². The number of hydrogen-bond acceptors (Lipinski definition) is 1. The summed E-state index contributed by atoms with van der Waals surface area (Å²) in [5, 5.41) is 5.06. The second-order valence-electron chi connectivity index (χ2n) is 5.42. The van der Waals surface area contributed by atoms with Gasteiger partial charge < -0.3 is 5.32 Å². The first-order valence-electron chi connectivity index (χ1n) is 6.04. The lowest BCUT2D eigenvalue weighted by molar-refractivity contribution is 0.273. The second kappa shape index (κ2) is 6.08. The predicted octanol–water partition coefficient (Wildman–Crippen LogP) is 5.08. The van der Waals surface area contributed by atoms with Crippen molar-refractivity contribution < 1.29 is 0 Å². The Morgan fingerprint density at radius 1 is 1.24 bits per heavy atom. The molecule has 0 spiro atoms. The van der Waals surface area contributed by atoms with E-state index in [0.717, 1.165) is 28.6 Å². The van der Waals surface area contributed by atoms with E-state index in [1.807, 2.05) is 18.2 Å². The molecule has 96 valence electrons. The summed E-state index contributed by atoms with van der Waals surface area (Å²) in [7, 11) is 0. The summed E-state index contributed by atoms with van der Waals surface area (Å²) in [6.07, 6.45) is 1.10. The molecule has 1 N–H and O–H groups in total. The quantitative estimate of drug-likeness (QED) is 0.807. The first-order valence-corrected chi connectivity index (χ1v) is 6.80. The van der Waals surface area contributed by atoms with Gasteiger partial charge >= 0.3 is 0 Å². The summed E-state index contributed by atoms with van der Waals surface area (Å²) in [5.74, 6) is 0. The summed E-state index contributed by atoms with van der Waals surface area (Å²) < 4.78 is 0. The number of nitrogens with one attached hydrogen (secondary N) is 1. The first kappa shape index (κ1) is 14.8. The molecule has 3 heteroatoms. The van der Waals surface area contributed by atoms with E-state index in [1.54, 1.807) is 0 Å². The summed E-state index contributed by atoms with van der Waals surface area (Å²) in [5.41, 5.74) is 1.18. The molecule has 1 aromatic carbocycles. The van der Waals surface area contributed by atoms with Crippen LogP contribution in [0.25, 0.3) is 0 Å². The van der Waals surface area contributed by atoms with Gasteiger partial charge in [-0.25, -0.2) is 0 Å². The minimum atomic E-state index is 0.101. The van der Waals surface area contributed by atoms with E-state index in [4.69, 9.17) is 23.2 Å². The van der Waals surface area contributed by atoms with Crippen LogP contribution in [0.2, 0.25) is 10.0 Å². The lowest BCUT2D eigenvalue weighted by Gasteiger charge is -2.33. The highest BCUT2D eigenvalue weighted by atomic mass is 35.5. The Hall–Kier alpha value is -0.240. The lowest BCUT2D eigenvalue weighted by Crippen LogP contribution is -2.33. The van der Waals surface area contributed by atoms with E-state index in [1.165, 1.54) is 0 Å². The van der Waals surface area contributed by atoms with E-state index >= 15 is 0 Å². The Bertz CT molecular complexity index is 369. The third-order valence-electron chi connectivity index (χ3n) is 2.73. The third kappa shape index (κ3) is 4.17. The smallest absolute Gasteiger partial charge is 0.0455 e. The average Bonchev–Trinajstić information content (AvgIpc) is 2.21. The number of rotatable bonds is 4. The maximum absolute atomic E-state index is 6.28. The Kier molecular flexibility index (Phi) is 5.30. The van der Waals surface area contributed by atoms with Gasteiger partial charge in [0.15, 0.2) is 0 Å². The molecule has 0 heterocycles.